The lowest BCUT2D eigenvalue weighted by molar-refractivity contribution is -0.127. The van der Waals surface area contributed by atoms with Gasteiger partial charge < -0.3 is 35.8 Å². The van der Waals surface area contributed by atoms with Gasteiger partial charge in [-0.05, 0) is 60.9 Å². The number of ether oxygens (including phenoxy) is 2. The van der Waals surface area contributed by atoms with Crippen molar-refractivity contribution in [2.45, 2.75) is 109 Å². The summed E-state index contributed by atoms with van der Waals surface area (Å²) in [4.78, 5) is 38.0. The lowest BCUT2D eigenvalue weighted by atomic mass is 10.00. The number of carbonyl (C=O) groups excluding carboxylic acids is 3. The Morgan fingerprint density at radius 2 is 1.66 bits per heavy atom. The molecule has 3 rings (SSSR count). The minimum atomic E-state index is -1.19. The van der Waals surface area contributed by atoms with Gasteiger partial charge in [0.15, 0.2) is 12.5 Å². The molecule has 50 heavy (non-hydrogen) atoms. The van der Waals surface area contributed by atoms with E-state index in [1.165, 1.54) is 5.56 Å². The first-order chi connectivity index (χ1) is 23.6. The largest absolute Gasteiger partial charge is 0.447 e. The second kappa shape index (κ2) is 24.8. The fraction of sp³-hybridized carbons (Fsp3) is 0.571. The number of alkyl carbamates (subject to hydrolysis) is 1. The van der Waals surface area contributed by atoms with Crippen molar-refractivity contribution >= 4 is 42.8 Å². The van der Waals surface area contributed by atoms with E-state index in [4.69, 9.17) is 13.7 Å². The van der Waals surface area contributed by atoms with Gasteiger partial charge in [0, 0.05) is 25.6 Å². The molecule has 1 saturated heterocycles. The minimum absolute atomic E-state index is 0. The average molecular weight is 745 g/mol. The van der Waals surface area contributed by atoms with Crippen LogP contribution >= 0.6 is 12.4 Å². The Kier molecular flexibility index (Phi) is 22.2. The van der Waals surface area contributed by atoms with Gasteiger partial charge in [-0.25, -0.2) is 13.6 Å². The lowest BCUT2D eigenvalue weighted by Gasteiger charge is -2.28. The van der Waals surface area contributed by atoms with Gasteiger partial charge in [0.2, 0.25) is 11.8 Å². The van der Waals surface area contributed by atoms with E-state index in [1.807, 2.05) is 32.0 Å². The monoisotopic (exact) mass is 744 g/mol. The number of hydrogen-bond acceptors (Lipinski definition) is 9. The van der Waals surface area contributed by atoms with E-state index < -0.39 is 41.8 Å². The van der Waals surface area contributed by atoms with Crippen molar-refractivity contribution in [3.05, 3.63) is 70.8 Å². The standard InChI is InChI=1S/C35H50F2N4O6.ClH.OS/c1-4-8-29(9-5-2)46-22-31(41-35(45)47-21-28-12-13-33(43)39-28)34(44)40-30(17-25-15-26(36)18-27(37)16-25)32(42)20-38-19-24-11-7-10-23(6-3)14-24;;1-2/h7,10-11,14-16,18,28-32,38,42H,4-6,8-9,12-13,17,19-22H2,1-3H3,(H,39,43)(H,40,44)(H,41,45);1H;/t28?,30-,31?,32+;;/m0../s1. The molecular weight excluding hydrogens is 694 g/mol. The van der Waals surface area contributed by atoms with E-state index in [2.05, 4.69) is 46.8 Å². The summed E-state index contributed by atoms with van der Waals surface area (Å²) in [6.45, 7) is 6.44. The van der Waals surface area contributed by atoms with Gasteiger partial charge in [-0.3, -0.25) is 9.59 Å². The molecule has 3 amide bonds. The maximum Gasteiger partial charge on any atom is 0.407 e. The second-order valence-corrected chi connectivity index (χ2v) is 12.1. The number of benzene rings is 2. The van der Waals surface area contributed by atoms with Crippen LogP contribution in [0.1, 0.15) is 76.0 Å². The fourth-order valence-electron chi connectivity index (χ4n) is 5.55. The summed E-state index contributed by atoms with van der Waals surface area (Å²) in [5, 5.41) is 22.5. The van der Waals surface area contributed by atoms with Crippen LogP contribution in [-0.2, 0) is 51.0 Å². The van der Waals surface area contributed by atoms with Crippen molar-refractivity contribution in [2.75, 3.05) is 19.8 Å². The maximum absolute atomic E-state index is 14.1. The molecule has 1 aliphatic heterocycles. The predicted molar refractivity (Wildman–Crippen MR) is 190 cm³/mol. The molecule has 11 nitrogen and oxygen atoms in total. The summed E-state index contributed by atoms with van der Waals surface area (Å²) < 4.78 is 47.3. The van der Waals surface area contributed by atoms with Gasteiger partial charge in [-0.15, -0.1) is 12.4 Å². The van der Waals surface area contributed by atoms with Crippen LogP contribution in [0.3, 0.4) is 0 Å². The molecule has 4 atom stereocenters. The first-order valence-corrected chi connectivity index (χ1v) is 17.2. The molecule has 0 aliphatic carbocycles. The average Bonchev–Trinajstić information content (AvgIpc) is 3.50. The van der Waals surface area contributed by atoms with Gasteiger partial charge in [0.1, 0.15) is 24.3 Å². The van der Waals surface area contributed by atoms with Crippen LogP contribution in [0.4, 0.5) is 13.6 Å². The number of nitrogens with one attached hydrogen (secondary N) is 4. The van der Waals surface area contributed by atoms with Gasteiger partial charge in [0.25, 0.3) is 0 Å². The van der Waals surface area contributed by atoms with Crippen molar-refractivity contribution in [1.82, 2.24) is 21.3 Å². The first kappa shape index (κ1) is 44.7. The molecule has 2 aromatic rings. The molecule has 0 radical (unpaired) electrons. The van der Waals surface area contributed by atoms with E-state index in [0.717, 1.165) is 55.9 Å². The second-order valence-electron chi connectivity index (χ2n) is 12.1. The number of halogens is 3. The number of aliphatic hydroxyl groups is 1. The third kappa shape index (κ3) is 16.6. The van der Waals surface area contributed by atoms with Crippen LogP contribution in [0.15, 0.2) is 42.5 Å². The van der Waals surface area contributed by atoms with Crippen LogP contribution in [0.5, 0.6) is 0 Å². The molecule has 1 heterocycles. The Morgan fingerprint density at radius 3 is 2.26 bits per heavy atom. The highest BCUT2D eigenvalue weighted by atomic mass is 35.5. The van der Waals surface area contributed by atoms with Gasteiger partial charge >= 0.3 is 6.09 Å². The molecule has 5 N–H and O–H groups in total. The molecule has 1 fully saturated rings. The number of carbonyl (C=O) groups is 3. The smallest absolute Gasteiger partial charge is 0.407 e. The van der Waals surface area contributed by atoms with E-state index in [0.29, 0.717) is 19.4 Å². The first-order valence-electron chi connectivity index (χ1n) is 16.8. The van der Waals surface area contributed by atoms with Crippen LogP contribution in [0.2, 0.25) is 0 Å². The Labute approximate surface area is 305 Å². The lowest BCUT2D eigenvalue weighted by Crippen LogP contribution is -2.56. The molecular formula is C35H51ClF2N4O7S. The highest BCUT2D eigenvalue weighted by Gasteiger charge is 2.30. The number of amides is 3. The number of aliphatic hydroxyl groups excluding tert-OH is 1. The zero-order chi connectivity index (χ0) is 36.2. The maximum atomic E-state index is 14.1. The van der Waals surface area contributed by atoms with Gasteiger partial charge in [0.05, 0.1) is 30.9 Å². The zero-order valence-corrected chi connectivity index (χ0v) is 30.5. The SMILES string of the molecule is CCCC(CCC)OCC(NC(=O)OCC1CCC(=O)N1)C(=O)N[C@@H](Cc1cc(F)cc(F)c1)[C@H](O)CNCc1cccc(CC)c1.Cl.O=S. The third-order valence-corrected chi connectivity index (χ3v) is 8.08. The Morgan fingerprint density at radius 1 is 1.00 bits per heavy atom. The van der Waals surface area contributed by atoms with Crippen molar-refractivity contribution in [3.63, 3.8) is 0 Å². The minimum Gasteiger partial charge on any atom is -0.447 e. The Hall–Kier alpha value is -3.30. The third-order valence-electron chi connectivity index (χ3n) is 8.08. The topological polar surface area (TPSA) is 155 Å². The Balaban J connectivity index is 0.00000409. The Bertz CT molecular complexity index is 1310. The van der Waals surface area contributed by atoms with Gasteiger partial charge in [-0.2, -0.15) is 4.21 Å². The molecule has 1 aliphatic rings. The normalized spacial score (nSPS) is 15.5. The van der Waals surface area contributed by atoms with Crippen molar-refractivity contribution in [3.8, 4) is 0 Å². The summed E-state index contributed by atoms with van der Waals surface area (Å²) in [6.07, 6.45) is 2.83. The molecule has 2 aromatic carbocycles. The fourth-order valence-corrected chi connectivity index (χ4v) is 5.55. The molecule has 15 heteroatoms. The van der Waals surface area contributed by atoms with Crippen molar-refractivity contribution in [1.29, 1.82) is 0 Å². The van der Waals surface area contributed by atoms with Crippen molar-refractivity contribution < 1.29 is 42.0 Å². The van der Waals surface area contributed by atoms with E-state index in [9.17, 15) is 28.3 Å². The number of hydrogen-bond donors (Lipinski definition) is 5. The quantitative estimate of drug-likeness (QED) is 0.135. The molecule has 0 aromatic heterocycles. The predicted octanol–water partition coefficient (Wildman–Crippen LogP) is 4.15. The van der Waals surface area contributed by atoms with Crippen LogP contribution < -0.4 is 21.3 Å². The highest BCUT2D eigenvalue weighted by molar-refractivity contribution is 7.44. The molecule has 2 unspecified atom stereocenters. The van der Waals surface area contributed by atoms with E-state index in [-0.39, 0.29) is 62.2 Å². The van der Waals surface area contributed by atoms with Crippen LogP contribution in [0.25, 0.3) is 0 Å². The zero-order valence-electron chi connectivity index (χ0n) is 28.9. The number of rotatable bonds is 20. The summed E-state index contributed by atoms with van der Waals surface area (Å²) in [5.74, 6) is -2.32. The van der Waals surface area contributed by atoms with Crippen LogP contribution in [0, 0.1) is 11.6 Å². The summed E-state index contributed by atoms with van der Waals surface area (Å²) in [6, 6.07) is 8.60. The van der Waals surface area contributed by atoms with Crippen molar-refractivity contribution in [2.24, 2.45) is 0 Å². The summed E-state index contributed by atoms with van der Waals surface area (Å²) >= 11 is 2.83. The van der Waals surface area contributed by atoms with Gasteiger partial charge in [-0.1, -0.05) is 57.9 Å². The molecule has 0 spiro atoms. The van der Waals surface area contributed by atoms with Crippen LogP contribution in [-0.4, -0.2) is 77.3 Å². The summed E-state index contributed by atoms with van der Waals surface area (Å²) in [7, 11) is 0. The molecule has 0 bridgehead atoms. The molecule has 280 valence electrons. The molecule has 0 saturated carbocycles. The highest BCUT2D eigenvalue weighted by Crippen LogP contribution is 2.14. The number of aryl methyl sites for hydroxylation is 1. The van der Waals surface area contributed by atoms with E-state index in [1.54, 1.807) is 0 Å². The summed E-state index contributed by atoms with van der Waals surface area (Å²) in [5.41, 5.74) is 2.44. The van der Waals surface area contributed by atoms with E-state index >= 15 is 0 Å².